The Morgan fingerprint density at radius 2 is 2.00 bits per heavy atom. The van der Waals surface area contributed by atoms with E-state index in [-0.39, 0.29) is 12.1 Å². The van der Waals surface area contributed by atoms with Crippen molar-refractivity contribution in [1.29, 1.82) is 0 Å². The molecule has 1 saturated carbocycles. The second kappa shape index (κ2) is 5.25. The van der Waals surface area contributed by atoms with Gasteiger partial charge in [0.2, 0.25) is 0 Å². The molecular weight excluding hydrogens is 212 g/mol. The van der Waals surface area contributed by atoms with Crippen molar-refractivity contribution in [3.63, 3.8) is 0 Å². The Kier molecular flexibility index (Phi) is 4.61. The van der Waals surface area contributed by atoms with Crippen molar-refractivity contribution in [3.05, 3.63) is 0 Å². The van der Waals surface area contributed by atoms with Gasteiger partial charge in [0.1, 0.15) is 0 Å². The molecule has 2 N–H and O–H groups in total. The Morgan fingerprint density at radius 1 is 1.41 bits per heavy atom. The third-order valence-corrected chi connectivity index (χ3v) is 4.71. The molecule has 1 fully saturated rings. The van der Waals surface area contributed by atoms with E-state index < -0.39 is 0 Å². The van der Waals surface area contributed by atoms with E-state index in [9.17, 15) is 5.11 Å². The van der Waals surface area contributed by atoms with Crippen molar-refractivity contribution in [2.45, 2.75) is 52.1 Å². The van der Waals surface area contributed by atoms with E-state index in [1.54, 1.807) is 0 Å². The lowest BCUT2D eigenvalue weighted by Gasteiger charge is -2.38. The highest BCUT2D eigenvalue weighted by Gasteiger charge is 2.42. The number of aliphatic hydroxyl groups is 1. The van der Waals surface area contributed by atoms with Gasteiger partial charge in [0.25, 0.3) is 0 Å². The Labute approximate surface area is 107 Å². The van der Waals surface area contributed by atoms with E-state index in [0.717, 1.165) is 6.54 Å². The number of nitrogens with one attached hydrogen (secondary N) is 1. The first-order valence-electron chi connectivity index (χ1n) is 6.74. The molecule has 0 bridgehead atoms. The maximum atomic E-state index is 9.41. The Morgan fingerprint density at radius 3 is 2.47 bits per heavy atom. The molecule has 0 heterocycles. The van der Waals surface area contributed by atoms with Gasteiger partial charge >= 0.3 is 0 Å². The fourth-order valence-electron chi connectivity index (χ4n) is 3.06. The third kappa shape index (κ3) is 3.21. The molecule has 2 unspecified atom stereocenters. The summed E-state index contributed by atoms with van der Waals surface area (Å²) in [4.78, 5) is 2.30. The first kappa shape index (κ1) is 14.9. The Balaban J connectivity index is 2.64. The van der Waals surface area contributed by atoms with E-state index >= 15 is 0 Å². The molecule has 0 spiro atoms. The van der Waals surface area contributed by atoms with Crippen molar-refractivity contribution >= 4 is 0 Å². The molecule has 102 valence electrons. The zero-order valence-corrected chi connectivity index (χ0v) is 12.4. The standard InChI is InChI=1S/C14H30N2O/c1-13(2)8-7-11(12(13)15-5)9-16(6)14(3,4)10-17/h11-12,15,17H,7-10H2,1-6H3. The second-order valence-electron chi connectivity index (χ2n) is 6.90. The summed E-state index contributed by atoms with van der Waals surface area (Å²) in [6, 6.07) is 0.583. The number of likely N-dealkylation sites (N-methyl/N-ethyl adjacent to an activating group) is 1. The highest BCUT2D eigenvalue weighted by molar-refractivity contribution is 4.97. The van der Waals surface area contributed by atoms with Crippen LogP contribution in [0.1, 0.15) is 40.5 Å². The molecule has 1 aliphatic carbocycles. The second-order valence-corrected chi connectivity index (χ2v) is 6.90. The predicted molar refractivity (Wildman–Crippen MR) is 73.1 cm³/mol. The van der Waals surface area contributed by atoms with E-state index in [1.165, 1.54) is 12.8 Å². The van der Waals surface area contributed by atoms with Crippen LogP contribution >= 0.6 is 0 Å². The molecule has 0 amide bonds. The van der Waals surface area contributed by atoms with Gasteiger partial charge in [-0.2, -0.15) is 0 Å². The van der Waals surface area contributed by atoms with Gasteiger partial charge in [-0.1, -0.05) is 13.8 Å². The van der Waals surface area contributed by atoms with Crippen LogP contribution in [0, 0.1) is 11.3 Å². The number of hydrogen-bond acceptors (Lipinski definition) is 3. The zero-order chi connectivity index (χ0) is 13.3. The summed E-state index contributed by atoms with van der Waals surface area (Å²) >= 11 is 0. The first-order chi connectivity index (χ1) is 7.74. The minimum absolute atomic E-state index is 0.120. The molecule has 0 aromatic rings. The molecule has 17 heavy (non-hydrogen) atoms. The highest BCUT2D eigenvalue weighted by atomic mass is 16.3. The maximum absolute atomic E-state index is 9.41. The van der Waals surface area contributed by atoms with Crippen LogP contribution in [0.4, 0.5) is 0 Å². The van der Waals surface area contributed by atoms with E-state index in [4.69, 9.17) is 0 Å². The fraction of sp³-hybridized carbons (Fsp3) is 1.00. The molecular formula is C14H30N2O. The summed E-state index contributed by atoms with van der Waals surface area (Å²) in [6.45, 7) is 10.2. The summed E-state index contributed by atoms with van der Waals surface area (Å²) in [5.41, 5.74) is 0.272. The van der Waals surface area contributed by atoms with Gasteiger partial charge in [0, 0.05) is 18.1 Å². The Bertz CT molecular complexity index is 251. The molecule has 0 aliphatic heterocycles. The van der Waals surface area contributed by atoms with Crippen LogP contribution in [0.15, 0.2) is 0 Å². The van der Waals surface area contributed by atoms with Crippen LogP contribution < -0.4 is 5.32 Å². The van der Waals surface area contributed by atoms with Gasteiger partial charge in [-0.3, -0.25) is 4.90 Å². The average Bonchev–Trinajstić information content (AvgIpc) is 2.53. The SMILES string of the molecule is CNC1C(CN(C)C(C)(C)CO)CCC1(C)C. The van der Waals surface area contributed by atoms with E-state index in [0.29, 0.717) is 17.4 Å². The zero-order valence-electron chi connectivity index (χ0n) is 12.4. The minimum Gasteiger partial charge on any atom is -0.394 e. The smallest absolute Gasteiger partial charge is 0.0609 e. The van der Waals surface area contributed by atoms with E-state index in [2.05, 4.69) is 52.0 Å². The lowest BCUT2D eigenvalue weighted by atomic mass is 9.84. The van der Waals surface area contributed by atoms with Crippen LogP contribution in [-0.2, 0) is 0 Å². The normalized spacial score (nSPS) is 28.9. The van der Waals surface area contributed by atoms with Gasteiger partial charge in [0.05, 0.1) is 6.61 Å². The van der Waals surface area contributed by atoms with Crippen LogP contribution in [0.2, 0.25) is 0 Å². The summed E-state index contributed by atoms with van der Waals surface area (Å²) in [7, 11) is 4.19. The summed E-state index contributed by atoms with van der Waals surface area (Å²) < 4.78 is 0. The van der Waals surface area contributed by atoms with Gasteiger partial charge in [-0.05, 0) is 52.1 Å². The number of nitrogens with zero attached hydrogens (tertiary/aromatic N) is 1. The van der Waals surface area contributed by atoms with Gasteiger partial charge in [-0.25, -0.2) is 0 Å². The largest absolute Gasteiger partial charge is 0.394 e. The van der Waals surface area contributed by atoms with Crippen molar-refractivity contribution in [1.82, 2.24) is 10.2 Å². The fourth-order valence-corrected chi connectivity index (χ4v) is 3.06. The average molecular weight is 242 g/mol. The quantitative estimate of drug-likeness (QED) is 0.770. The number of rotatable bonds is 5. The predicted octanol–water partition coefficient (Wildman–Crippen LogP) is 1.71. The molecule has 0 saturated heterocycles. The molecule has 2 atom stereocenters. The maximum Gasteiger partial charge on any atom is 0.0609 e. The number of aliphatic hydroxyl groups excluding tert-OH is 1. The van der Waals surface area contributed by atoms with Crippen molar-refractivity contribution < 1.29 is 5.11 Å². The third-order valence-electron chi connectivity index (χ3n) is 4.71. The molecule has 0 aromatic carbocycles. The van der Waals surface area contributed by atoms with Gasteiger partial charge in [0.15, 0.2) is 0 Å². The molecule has 3 nitrogen and oxygen atoms in total. The lowest BCUT2D eigenvalue weighted by molar-refractivity contribution is 0.0607. The van der Waals surface area contributed by atoms with Crippen LogP contribution in [0.25, 0.3) is 0 Å². The minimum atomic E-state index is -0.120. The highest BCUT2D eigenvalue weighted by Crippen LogP contribution is 2.41. The summed E-state index contributed by atoms with van der Waals surface area (Å²) in [5, 5.41) is 12.9. The summed E-state index contributed by atoms with van der Waals surface area (Å²) in [5.74, 6) is 0.686. The molecule has 1 aliphatic rings. The summed E-state index contributed by atoms with van der Waals surface area (Å²) in [6.07, 6.45) is 2.57. The molecule has 1 rings (SSSR count). The molecule has 0 radical (unpaired) electrons. The first-order valence-corrected chi connectivity index (χ1v) is 6.74. The van der Waals surface area contributed by atoms with Crippen LogP contribution in [-0.4, -0.2) is 48.8 Å². The van der Waals surface area contributed by atoms with Crippen LogP contribution in [0.5, 0.6) is 0 Å². The Hall–Kier alpha value is -0.120. The van der Waals surface area contributed by atoms with Gasteiger partial charge in [-0.15, -0.1) is 0 Å². The lowest BCUT2D eigenvalue weighted by Crippen LogP contribution is -2.50. The number of hydrogen-bond donors (Lipinski definition) is 2. The van der Waals surface area contributed by atoms with E-state index in [1.807, 2.05) is 0 Å². The van der Waals surface area contributed by atoms with Crippen molar-refractivity contribution in [3.8, 4) is 0 Å². The van der Waals surface area contributed by atoms with Crippen molar-refractivity contribution in [2.24, 2.45) is 11.3 Å². The van der Waals surface area contributed by atoms with Gasteiger partial charge < -0.3 is 10.4 Å². The monoisotopic (exact) mass is 242 g/mol. The van der Waals surface area contributed by atoms with Crippen molar-refractivity contribution in [2.75, 3.05) is 27.2 Å². The molecule has 0 aromatic heterocycles. The topological polar surface area (TPSA) is 35.5 Å². The molecule has 3 heteroatoms. The van der Waals surface area contributed by atoms with Crippen LogP contribution in [0.3, 0.4) is 0 Å².